The number of halogens is 2. The Balaban J connectivity index is 1.80. The van der Waals surface area contributed by atoms with E-state index in [1.165, 1.54) is 6.07 Å². The van der Waals surface area contributed by atoms with E-state index in [1.807, 2.05) is 0 Å². The molecule has 1 atom stereocenters. The van der Waals surface area contributed by atoms with Gasteiger partial charge in [-0.05, 0) is 31.9 Å². The molecule has 3 rings (SSSR count). The van der Waals surface area contributed by atoms with Crippen molar-refractivity contribution < 1.29 is 13.6 Å². The molecule has 0 saturated carbocycles. The van der Waals surface area contributed by atoms with Gasteiger partial charge in [0.05, 0.1) is 5.41 Å². The van der Waals surface area contributed by atoms with E-state index >= 15 is 0 Å². The maximum Gasteiger partial charge on any atom is 0.230 e. The largest absolute Gasteiger partial charge is 0.338 e. The highest BCUT2D eigenvalue weighted by Gasteiger charge is 2.45. The summed E-state index contributed by atoms with van der Waals surface area (Å²) in [7, 11) is 0. The van der Waals surface area contributed by atoms with Crippen molar-refractivity contribution in [3.05, 3.63) is 35.4 Å². The van der Waals surface area contributed by atoms with E-state index in [-0.39, 0.29) is 23.4 Å². The van der Waals surface area contributed by atoms with Crippen LogP contribution in [0.25, 0.3) is 0 Å². The Bertz CT molecular complexity index is 527. The number of benzene rings is 1. The summed E-state index contributed by atoms with van der Waals surface area (Å²) in [5.74, 6) is -1.62. The number of hydrogen-bond acceptors (Lipinski definition) is 2. The first kappa shape index (κ1) is 13.5. The number of hydrogen-bond donors (Lipinski definition) is 1. The Morgan fingerprint density at radius 2 is 2.15 bits per heavy atom. The minimum absolute atomic E-state index is 0.0809. The molecule has 1 amide bonds. The van der Waals surface area contributed by atoms with Crippen molar-refractivity contribution in [3.63, 3.8) is 0 Å². The second-order valence-electron chi connectivity index (χ2n) is 5.75. The molecule has 2 saturated heterocycles. The van der Waals surface area contributed by atoms with Gasteiger partial charge in [-0.2, -0.15) is 0 Å². The van der Waals surface area contributed by atoms with Crippen molar-refractivity contribution in [1.29, 1.82) is 0 Å². The first-order valence-electron chi connectivity index (χ1n) is 7.05. The predicted molar refractivity (Wildman–Crippen MR) is 70.9 cm³/mol. The van der Waals surface area contributed by atoms with E-state index in [0.717, 1.165) is 31.9 Å². The summed E-state index contributed by atoms with van der Waals surface area (Å²) in [5.41, 5.74) is -0.0662. The molecule has 1 N–H and O–H groups in total. The average molecular weight is 280 g/mol. The van der Waals surface area contributed by atoms with Gasteiger partial charge < -0.3 is 10.2 Å². The van der Waals surface area contributed by atoms with Crippen LogP contribution in [0.3, 0.4) is 0 Å². The smallest absolute Gasteiger partial charge is 0.230 e. The SMILES string of the molecule is O=C1N(Cc2cccc(F)c2F)CCC[C@@]12CCNC2. The van der Waals surface area contributed by atoms with Crippen LogP contribution in [-0.2, 0) is 11.3 Å². The molecule has 3 nitrogen and oxygen atoms in total. The van der Waals surface area contributed by atoms with Gasteiger partial charge in [-0.25, -0.2) is 8.78 Å². The van der Waals surface area contributed by atoms with Crippen LogP contribution in [0.1, 0.15) is 24.8 Å². The average Bonchev–Trinajstić information content (AvgIpc) is 2.90. The molecule has 1 aromatic carbocycles. The van der Waals surface area contributed by atoms with Crippen LogP contribution >= 0.6 is 0 Å². The van der Waals surface area contributed by atoms with E-state index in [4.69, 9.17) is 0 Å². The molecule has 0 bridgehead atoms. The zero-order valence-electron chi connectivity index (χ0n) is 11.3. The van der Waals surface area contributed by atoms with Gasteiger partial charge in [-0.1, -0.05) is 12.1 Å². The molecule has 2 aliphatic rings. The van der Waals surface area contributed by atoms with E-state index in [1.54, 1.807) is 11.0 Å². The van der Waals surface area contributed by atoms with Crippen molar-refractivity contribution >= 4 is 5.91 Å². The lowest BCUT2D eigenvalue weighted by Crippen LogP contribution is -2.49. The Kier molecular flexibility index (Phi) is 3.46. The van der Waals surface area contributed by atoms with Crippen molar-refractivity contribution in [2.45, 2.75) is 25.8 Å². The van der Waals surface area contributed by atoms with E-state index in [0.29, 0.717) is 13.1 Å². The quantitative estimate of drug-likeness (QED) is 0.899. The molecule has 0 unspecified atom stereocenters. The summed E-state index contributed by atoms with van der Waals surface area (Å²) in [6.45, 7) is 2.34. The van der Waals surface area contributed by atoms with E-state index in [9.17, 15) is 13.6 Å². The summed E-state index contributed by atoms with van der Waals surface area (Å²) in [5, 5.41) is 3.24. The standard InChI is InChI=1S/C15H18F2N2O/c16-12-4-1-3-11(13(12)17)9-19-8-2-5-15(14(19)20)6-7-18-10-15/h1,3-4,18H,2,5-10H2/t15-/m0/s1. The number of amides is 1. The van der Waals surface area contributed by atoms with E-state index < -0.39 is 11.6 Å². The highest BCUT2D eigenvalue weighted by molar-refractivity contribution is 5.84. The maximum absolute atomic E-state index is 13.7. The van der Waals surface area contributed by atoms with Gasteiger partial charge in [0.1, 0.15) is 0 Å². The normalized spacial score (nSPS) is 26.5. The highest BCUT2D eigenvalue weighted by atomic mass is 19.2. The molecule has 0 radical (unpaired) electrons. The Hall–Kier alpha value is -1.49. The minimum atomic E-state index is -0.857. The number of rotatable bonds is 2. The Morgan fingerprint density at radius 1 is 1.30 bits per heavy atom. The van der Waals surface area contributed by atoms with Crippen LogP contribution in [0, 0.1) is 17.0 Å². The van der Waals surface area contributed by atoms with Gasteiger partial charge in [0.25, 0.3) is 0 Å². The molecule has 2 fully saturated rings. The summed E-state index contributed by atoms with van der Waals surface area (Å²) >= 11 is 0. The summed E-state index contributed by atoms with van der Waals surface area (Å²) < 4.78 is 27.0. The van der Waals surface area contributed by atoms with Crippen molar-refractivity contribution in [2.75, 3.05) is 19.6 Å². The maximum atomic E-state index is 13.7. The monoisotopic (exact) mass is 280 g/mol. The van der Waals surface area contributed by atoms with Crippen LogP contribution < -0.4 is 5.32 Å². The molecular weight excluding hydrogens is 262 g/mol. The van der Waals surface area contributed by atoms with Crippen molar-refractivity contribution in [2.24, 2.45) is 5.41 Å². The lowest BCUT2D eigenvalue weighted by molar-refractivity contribution is -0.145. The fourth-order valence-corrected chi connectivity index (χ4v) is 3.32. The molecule has 1 aromatic rings. The third-order valence-corrected chi connectivity index (χ3v) is 4.46. The molecule has 108 valence electrons. The summed E-state index contributed by atoms with van der Waals surface area (Å²) in [4.78, 5) is 14.3. The molecule has 2 heterocycles. The molecule has 5 heteroatoms. The third-order valence-electron chi connectivity index (χ3n) is 4.46. The lowest BCUT2D eigenvalue weighted by Gasteiger charge is -2.39. The summed E-state index contributed by atoms with van der Waals surface area (Å²) in [6, 6.07) is 4.12. The second-order valence-corrected chi connectivity index (χ2v) is 5.75. The molecule has 2 aliphatic heterocycles. The molecular formula is C15H18F2N2O. The Labute approximate surface area is 117 Å². The fraction of sp³-hybridized carbons (Fsp3) is 0.533. The zero-order valence-corrected chi connectivity index (χ0v) is 11.3. The number of likely N-dealkylation sites (tertiary alicyclic amines) is 1. The lowest BCUT2D eigenvalue weighted by atomic mass is 9.78. The third kappa shape index (κ3) is 2.20. The number of carbonyl (C=O) groups is 1. The van der Waals surface area contributed by atoms with Crippen LogP contribution in [0.4, 0.5) is 8.78 Å². The van der Waals surface area contributed by atoms with Gasteiger partial charge in [-0.3, -0.25) is 4.79 Å². The number of nitrogens with one attached hydrogen (secondary N) is 1. The fourth-order valence-electron chi connectivity index (χ4n) is 3.32. The number of carbonyl (C=O) groups excluding carboxylic acids is 1. The first-order valence-corrected chi connectivity index (χ1v) is 7.05. The number of piperidine rings is 1. The topological polar surface area (TPSA) is 32.3 Å². The van der Waals surface area contributed by atoms with Crippen LogP contribution in [0.5, 0.6) is 0 Å². The molecule has 0 aliphatic carbocycles. The minimum Gasteiger partial charge on any atom is -0.338 e. The van der Waals surface area contributed by atoms with Crippen LogP contribution in [-0.4, -0.2) is 30.4 Å². The Morgan fingerprint density at radius 3 is 2.90 bits per heavy atom. The summed E-state index contributed by atoms with van der Waals surface area (Å²) in [6.07, 6.45) is 2.65. The van der Waals surface area contributed by atoms with Gasteiger partial charge in [0, 0.05) is 25.2 Å². The molecule has 20 heavy (non-hydrogen) atoms. The van der Waals surface area contributed by atoms with Crippen molar-refractivity contribution in [3.8, 4) is 0 Å². The van der Waals surface area contributed by atoms with Gasteiger partial charge in [0.15, 0.2) is 11.6 Å². The van der Waals surface area contributed by atoms with Gasteiger partial charge >= 0.3 is 0 Å². The van der Waals surface area contributed by atoms with Crippen LogP contribution in [0.2, 0.25) is 0 Å². The highest BCUT2D eigenvalue weighted by Crippen LogP contribution is 2.37. The van der Waals surface area contributed by atoms with Gasteiger partial charge in [-0.15, -0.1) is 0 Å². The van der Waals surface area contributed by atoms with Gasteiger partial charge in [0.2, 0.25) is 5.91 Å². The first-order chi connectivity index (χ1) is 9.62. The number of nitrogens with zero attached hydrogens (tertiary/aromatic N) is 1. The van der Waals surface area contributed by atoms with E-state index in [2.05, 4.69) is 5.32 Å². The second kappa shape index (κ2) is 5.13. The molecule has 1 spiro atoms. The van der Waals surface area contributed by atoms with Crippen LogP contribution in [0.15, 0.2) is 18.2 Å². The van der Waals surface area contributed by atoms with Crippen molar-refractivity contribution in [1.82, 2.24) is 10.2 Å². The predicted octanol–water partition coefficient (Wildman–Crippen LogP) is 2.07. The molecule has 0 aromatic heterocycles. The zero-order chi connectivity index (χ0) is 14.2.